The number of nitrogens with two attached hydrogens (primary N) is 1. The SMILES string of the molecule is C/C=C\C(=C/C)CC1=C(N)NC2CCc3cc(OC)ccc3C2=N1. The van der Waals surface area contributed by atoms with Crippen molar-refractivity contribution in [1.29, 1.82) is 0 Å². The first-order chi connectivity index (χ1) is 11.7. The Morgan fingerprint density at radius 1 is 1.42 bits per heavy atom. The average molecular weight is 323 g/mol. The highest BCUT2D eigenvalue weighted by atomic mass is 16.5. The molecule has 0 saturated carbocycles. The van der Waals surface area contributed by atoms with Crippen LogP contribution in [0.2, 0.25) is 0 Å². The van der Waals surface area contributed by atoms with Crippen molar-refractivity contribution in [2.24, 2.45) is 10.7 Å². The molecule has 2 aliphatic rings. The lowest BCUT2D eigenvalue weighted by molar-refractivity contribution is 0.414. The maximum absolute atomic E-state index is 6.24. The lowest BCUT2D eigenvalue weighted by atomic mass is 9.85. The number of nitrogens with zero attached hydrogens (tertiary/aromatic N) is 1. The molecule has 126 valence electrons. The molecule has 24 heavy (non-hydrogen) atoms. The number of hydrogen-bond donors (Lipinski definition) is 2. The Bertz CT molecular complexity index is 756. The van der Waals surface area contributed by atoms with Crippen molar-refractivity contribution in [3.8, 4) is 5.75 Å². The highest BCUT2D eigenvalue weighted by Crippen LogP contribution is 2.30. The first kappa shape index (κ1) is 16.4. The average Bonchev–Trinajstić information content (AvgIpc) is 2.61. The topological polar surface area (TPSA) is 59.6 Å². The van der Waals surface area contributed by atoms with Crippen LogP contribution in [0.3, 0.4) is 0 Å². The van der Waals surface area contributed by atoms with E-state index in [1.54, 1.807) is 7.11 Å². The fourth-order valence-corrected chi connectivity index (χ4v) is 3.33. The molecule has 4 heteroatoms. The smallest absolute Gasteiger partial charge is 0.119 e. The minimum absolute atomic E-state index is 0.199. The maximum Gasteiger partial charge on any atom is 0.119 e. The molecular formula is C20H25N3O. The zero-order chi connectivity index (χ0) is 17.1. The second-order valence-electron chi connectivity index (χ2n) is 6.16. The van der Waals surface area contributed by atoms with Crippen LogP contribution >= 0.6 is 0 Å². The van der Waals surface area contributed by atoms with Crippen molar-refractivity contribution in [3.05, 3.63) is 64.6 Å². The summed E-state index contributed by atoms with van der Waals surface area (Å²) in [5, 5.41) is 3.45. The quantitative estimate of drug-likeness (QED) is 0.835. The van der Waals surface area contributed by atoms with E-state index in [-0.39, 0.29) is 6.04 Å². The van der Waals surface area contributed by atoms with Gasteiger partial charge >= 0.3 is 0 Å². The predicted molar refractivity (Wildman–Crippen MR) is 99.2 cm³/mol. The van der Waals surface area contributed by atoms with E-state index in [2.05, 4.69) is 29.6 Å². The van der Waals surface area contributed by atoms with Gasteiger partial charge in [0, 0.05) is 12.0 Å². The summed E-state index contributed by atoms with van der Waals surface area (Å²) in [6, 6.07) is 6.43. The van der Waals surface area contributed by atoms with E-state index in [1.165, 1.54) is 16.7 Å². The van der Waals surface area contributed by atoms with Gasteiger partial charge in [0.25, 0.3) is 0 Å². The second kappa shape index (κ2) is 6.95. The molecule has 0 spiro atoms. The van der Waals surface area contributed by atoms with Gasteiger partial charge in [0.05, 0.1) is 24.6 Å². The molecule has 0 amide bonds. The van der Waals surface area contributed by atoms with Crippen LogP contribution in [-0.4, -0.2) is 18.9 Å². The molecule has 1 aliphatic heterocycles. The minimum atomic E-state index is 0.199. The van der Waals surface area contributed by atoms with Gasteiger partial charge in [-0.05, 0) is 56.0 Å². The summed E-state index contributed by atoms with van der Waals surface area (Å²) in [5.74, 6) is 1.60. The zero-order valence-electron chi connectivity index (χ0n) is 14.6. The van der Waals surface area contributed by atoms with Crippen molar-refractivity contribution in [2.45, 2.75) is 39.2 Å². The van der Waals surface area contributed by atoms with Gasteiger partial charge in [-0.3, -0.25) is 4.99 Å². The molecule has 0 bridgehead atoms. The second-order valence-corrected chi connectivity index (χ2v) is 6.16. The van der Waals surface area contributed by atoms with Crippen LogP contribution in [0, 0.1) is 0 Å². The van der Waals surface area contributed by atoms with E-state index in [4.69, 9.17) is 15.5 Å². The van der Waals surface area contributed by atoms with Crippen molar-refractivity contribution in [3.63, 3.8) is 0 Å². The van der Waals surface area contributed by atoms with Crippen LogP contribution in [0.15, 0.2) is 58.5 Å². The molecule has 3 rings (SSSR count). The van der Waals surface area contributed by atoms with Gasteiger partial charge in [0.1, 0.15) is 11.6 Å². The van der Waals surface area contributed by atoms with Gasteiger partial charge in [-0.15, -0.1) is 0 Å². The van der Waals surface area contributed by atoms with E-state index in [1.807, 2.05) is 26.0 Å². The standard InChI is InChI=1S/C20H25N3O/c1-4-6-13(5-2)11-18-20(21)23-17-10-7-14-12-15(24-3)8-9-16(14)19(17)22-18/h4-6,8-9,12,17,23H,7,10-11,21H2,1-3H3/b6-4-,13-5+. The summed E-state index contributed by atoms with van der Waals surface area (Å²) in [7, 11) is 1.70. The van der Waals surface area contributed by atoms with Crippen LogP contribution < -0.4 is 15.8 Å². The Morgan fingerprint density at radius 3 is 2.96 bits per heavy atom. The van der Waals surface area contributed by atoms with E-state index < -0.39 is 0 Å². The van der Waals surface area contributed by atoms with Crippen LogP contribution in [0.5, 0.6) is 5.75 Å². The van der Waals surface area contributed by atoms with E-state index >= 15 is 0 Å². The Hall–Kier alpha value is -2.49. The summed E-state index contributed by atoms with van der Waals surface area (Å²) in [4.78, 5) is 4.94. The molecule has 0 aromatic heterocycles. The summed E-state index contributed by atoms with van der Waals surface area (Å²) < 4.78 is 5.35. The van der Waals surface area contributed by atoms with E-state index in [9.17, 15) is 0 Å². The highest BCUT2D eigenvalue weighted by Gasteiger charge is 2.29. The number of aryl methyl sites for hydroxylation is 1. The minimum Gasteiger partial charge on any atom is -0.497 e. The zero-order valence-corrected chi connectivity index (χ0v) is 14.6. The van der Waals surface area contributed by atoms with Gasteiger partial charge < -0.3 is 15.8 Å². The fraction of sp³-hybridized carbons (Fsp3) is 0.350. The number of methoxy groups -OCH3 is 1. The number of benzene rings is 1. The number of allylic oxidation sites excluding steroid dienone is 4. The van der Waals surface area contributed by atoms with Crippen LogP contribution in [0.25, 0.3) is 0 Å². The number of fused-ring (bicyclic) bond motifs is 3. The first-order valence-corrected chi connectivity index (χ1v) is 8.45. The Labute approximate surface area is 143 Å². The molecule has 1 aliphatic carbocycles. The van der Waals surface area contributed by atoms with Crippen LogP contribution in [-0.2, 0) is 6.42 Å². The number of aliphatic imine (C=N–C) groups is 1. The van der Waals surface area contributed by atoms with Gasteiger partial charge in [-0.2, -0.15) is 0 Å². The molecule has 0 radical (unpaired) electrons. The van der Waals surface area contributed by atoms with Crippen molar-refractivity contribution in [2.75, 3.05) is 7.11 Å². The third-order valence-electron chi connectivity index (χ3n) is 4.64. The predicted octanol–water partition coefficient (Wildman–Crippen LogP) is 3.44. The molecular weight excluding hydrogens is 298 g/mol. The molecule has 1 heterocycles. The summed E-state index contributed by atoms with van der Waals surface area (Å²) in [6.45, 7) is 4.06. The van der Waals surface area contributed by atoms with Gasteiger partial charge in [-0.1, -0.05) is 18.2 Å². The monoisotopic (exact) mass is 323 g/mol. The third kappa shape index (κ3) is 3.09. The first-order valence-electron chi connectivity index (χ1n) is 8.45. The molecule has 0 saturated heterocycles. The van der Waals surface area contributed by atoms with Crippen molar-refractivity contribution < 1.29 is 4.74 Å². The molecule has 1 aromatic rings. The summed E-state index contributed by atoms with van der Waals surface area (Å²) in [5.41, 5.74) is 12.0. The Balaban J connectivity index is 1.97. The molecule has 0 fully saturated rings. The van der Waals surface area contributed by atoms with Crippen molar-refractivity contribution in [1.82, 2.24) is 5.32 Å². The number of hydrogen-bond acceptors (Lipinski definition) is 4. The lowest BCUT2D eigenvalue weighted by Crippen LogP contribution is -2.45. The largest absolute Gasteiger partial charge is 0.497 e. The normalized spacial score (nSPS) is 20.4. The Morgan fingerprint density at radius 2 is 2.25 bits per heavy atom. The molecule has 1 atom stereocenters. The molecule has 3 N–H and O–H groups in total. The summed E-state index contributed by atoms with van der Waals surface area (Å²) in [6.07, 6.45) is 8.99. The van der Waals surface area contributed by atoms with Crippen LogP contribution in [0.4, 0.5) is 0 Å². The van der Waals surface area contributed by atoms with Gasteiger partial charge in [-0.25, -0.2) is 0 Å². The third-order valence-corrected chi connectivity index (χ3v) is 4.64. The maximum atomic E-state index is 6.24. The number of nitrogens with one attached hydrogen (secondary N) is 1. The van der Waals surface area contributed by atoms with E-state index in [0.717, 1.165) is 36.4 Å². The van der Waals surface area contributed by atoms with E-state index in [0.29, 0.717) is 5.82 Å². The number of rotatable bonds is 4. The molecule has 1 unspecified atom stereocenters. The Kier molecular flexibility index (Phi) is 4.74. The molecule has 4 nitrogen and oxygen atoms in total. The van der Waals surface area contributed by atoms with Gasteiger partial charge in [0.15, 0.2) is 0 Å². The fourth-order valence-electron chi connectivity index (χ4n) is 3.33. The van der Waals surface area contributed by atoms with Gasteiger partial charge in [0.2, 0.25) is 0 Å². The summed E-state index contributed by atoms with van der Waals surface area (Å²) >= 11 is 0. The number of ether oxygens (including phenoxy) is 1. The lowest BCUT2D eigenvalue weighted by Gasteiger charge is -2.32. The van der Waals surface area contributed by atoms with Crippen LogP contribution in [0.1, 0.15) is 37.8 Å². The van der Waals surface area contributed by atoms with Crippen molar-refractivity contribution >= 4 is 5.71 Å². The highest BCUT2D eigenvalue weighted by molar-refractivity contribution is 6.07. The molecule has 1 aromatic carbocycles.